The van der Waals surface area contributed by atoms with Crippen LogP contribution in [0.3, 0.4) is 0 Å². The van der Waals surface area contributed by atoms with Crippen molar-refractivity contribution in [2.45, 2.75) is 33.8 Å². The molecule has 0 radical (unpaired) electrons. The number of ether oxygens (including phenoxy) is 3. The van der Waals surface area contributed by atoms with Gasteiger partial charge < -0.3 is 19.2 Å². The molecule has 0 amide bonds. The summed E-state index contributed by atoms with van der Waals surface area (Å²) in [6, 6.07) is 0. The number of nitrogens with one attached hydrogen (secondary N) is 1. The number of hydrogen-bond donors (Lipinski definition) is 1. The minimum atomic E-state index is -0.751. The van der Waals surface area contributed by atoms with Crippen molar-refractivity contribution >= 4 is 33.5 Å². The van der Waals surface area contributed by atoms with Crippen LogP contribution in [0, 0.1) is 6.92 Å². The Labute approximate surface area is 148 Å². The SMILES string of the molecule is CCOCC(=O)O[C@@H](C)c1nc2sc(C(=O)OCC)c(C)c2c(=O)[nH]1. The quantitative estimate of drug-likeness (QED) is 0.746. The monoisotopic (exact) mass is 368 g/mol. The Kier molecular flexibility index (Phi) is 6.27. The van der Waals surface area contributed by atoms with Crippen molar-refractivity contribution in [1.29, 1.82) is 0 Å². The van der Waals surface area contributed by atoms with Gasteiger partial charge in [0.15, 0.2) is 11.9 Å². The maximum absolute atomic E-state index is 12.4. The number of H-pyrrole nitrogens is 1. The minimum Gasteiger partial charge on any atom is -0.462 e. The van der Waals surface area contributed by atoms with Crippen LogP contribution in [0.15, 0.2) is 4.79 Å². The van der Waals surface area contributed by atoms with Crippen LogP contribution < -0.4 is 5.56 Å². The van der Waals surface area contributed by atoms with E-state index < -0.39 is 23.6 Å². The van der Waals surface area contributed by atoms with Crippen molar-refractivity contribution in [1.82, 2.24) is 9.97 Å². The molecule has 0 saturated carbocycles. The van der Waals surface area contributed by atoms with Crippen molar-refractivity contribution in [3.8, 4) is 0 Å². The van der Waals surface area contributed by atoms with Gasteiger partial charge in [-0.25, -0.2) is 14.6 Å². The molecule has 0 aromatic carbocycles. The number of aromatic amines is 1. The van der Waals surface area contributed by atoms with Gasteiger partial charge in [0, 0.05) is 6.61 Å². The summed E-state index contributed by atoms with van der Waals surface area (Å²) in [5.41, 5.74) is 0.136. The molecule has 0 aliphatic carbocycles. The second-order valence-corrected chi connectivity index (χ2v) is 6.18. The van der Waals surface area contributed by atoms with Gasteiger partial charge in [0.25, 0.3) is 5.56 Å². The molecule has 0 bridgehead atoms. The van der Waals surface area contributed by atoms with Gasteiger partial charge in [-0.1, -0.05) is 0 Å². The number of hydrogen-bond acceptors (Lipinski definition) is 8. The first kappa shape index (κ1) is 19.1. The first-order chi connectivity index (χ1) is 11.9. The molecule has 0 spiro atoms. The van der Waals surface area contributed by atoms with Crippen LogP contribution >= 0.6 is 11.3 Å². The molecular formula is C16H20N2O6S. The molecule has 136 valence electrons. The van der Waals surface area contributed by atoms with Gasteiger partial charge in [0.2, 0.25) is 0 Å². The third kappa shape index (κ3) is 4.23. The molecule has 1 atom stereocenters. The van der Waals surface area contributed by atoms with Crippen molar-refractivity contribution in [3.05, 3.63) is 26.6 Å². The Balaban J connectivity index is 2.33. The molecular weight excluding hydrogens is 348 g/mol. The average molecular weight is 368 g/mol. The zero-order chi connectivity index (χ0) is 18.6. The number of esters is 2. The molecule has 0 aliphatic rings. The van der Waals surface area contributed by atoms with Gasteiger partial charge in [-0.05, 0) is 33.3 Å². The fraction of sp³-hybridized carbons (Fsp3) is 0.500. The number of rotatable bonds is 7. The first-order valence-corrected chi connectivity index (χ1v) is 8.68. The number of fused-ring (bicyclic) bond motifs is 1. The molecule has 0 fully saturated rings. The van der Waals surface area contributed by atoms with E-state index in [9.17, 15) is 14.4 Å². The molecule has 2 aromatic rings. The van der Waals surface area contributed by atoms with E-state index in [1.807, 2.05) is 0 Å². The van der Waals surface area contributed by atoms with Gasteiger partial charge in [-0.3, -0.25) is 4.79 Å². The summed E-state index contributed by atoms with van der Waals surface area (Å²) in [5, 5.41) is 0.338. The third-order valence-corrected chi connectivity index (χ3v) is 4.56. The highest BCUT2D eigenvalue weighted by molar-refractivity contribution is 7.20. The summed E-state index contributed by atoms with van der Waals surface area (Å²) in [6.07, 6.45) is -0.751. The molecule has 0 aliphatic heterocycles. The normalized spacial score (nSPS) is 12.2. The largest absolute Gasteiger partial charge is 0.462 e. The zero-order valence-electron chi connectivity index (χ0n) is 14.5. The van der Waals surface area contributed by atoms with E-state index in [1.165, 1.54) is 0 Å². The second-order valence-electron chi connectivity index (χ2n) is 5.18. The molecule has 0 saturated heterocycles. The highest BCUT2D eigenvalue weighted by Crippen LogP contribution is 2.28. The summed E-state index contributed by atoms with van der Waals surface area (Å²) in [6.45, 7) is 7.22. The van der Waals surface area contributed by atoms with Crippen molar-refractivity contribution in [3.63, 3.8) is 0 Å². The van der Waals surface area contributed by atoms with E-state index in [1.54, 1.807) is 27.7 Å². The second kappa shape index (κ2) is 8.21. The number of thiophene rings is 1. The summed E-state index contributed by atoms with van der Waals surface area (Å²) in [5.74, 6) is -0.828. The zero-order valence-corrected chi connectivity index (χ0v) is 15.3. The Morgan fingerprint density at radius 2 is 2.00 bits per heavy atom. The van der Waals surface area contributed by atoms with Crippen LogP contribution in [0.2, 0.25) is 0 Å². The van der Waals surface area contributed by atoms with Crippen molar-refractivity contribution < 1.29 is 23.8 Å². The van der Waals surface area contributed by atoms with E-state index >= 15 is 0 Å². The van der Waals surface area contributed by atoms with E-state index in [2.05, 4.69) is 9.97 Å². The van der Waals surface area contributed by atoms with E-state index in [4.69, 9.17) is 14.2 Å². The fourth-order valence-electron chi connectivity index (χ4n) is 2.22. The van der Waals surface area contributed by atoms with Crippen LogP contribution in [0.4, 0.5) is 0 Å². The lowest BCUT2D eigenvalue weighted by Crippen LogP contribution is -2.19. The summed E-state index contributed by atoms with van der Waals surface area (Å²) in [7, 11) is 0. The van der Waals surface area contributed by atoms with Gasteiger partial charge in [-0.2, -0.15) is 0 Å². The number of aryl methyl sites for hydroxylation is 1. The maximum Gasteiger partial charge on any atom is 0.348 e. The predicted molar refractivity (Wildman–Crippen MR) is 91.9 cm³/mol. The van der Waals surface area contributed by atoms with E-state index in [-0.39, 0.29) is 19.0 Å². The molecule has 2 aromatic heterocycles. The lowest BCUT2D eigenvalue weighted by atomic mass is 10.2. The van der Waals surface area contributed by atoms with Crippen molar-refractivity contribution in [2.75, 3.05) is 19.8 Å². The lowest BCUT2D eigenvalue weighted by molar-refractivity contribution is -0.154. The Bertz CT molecular complexity index is 841. The van der Waals surface area contributed by atoms with Gasteiger partial charge >= 0.3 is 11.9 Å². The van der Waals surface area contributed by atoms with E-state index in [0.29, 0.717) is 27.3 Å². The van der Waals surface area contributed by atoms with Crippen LogP contribution in [-0.4, -0.2) is 41.7 Å². The lowest BCUT2D eigenvalue weighted by Gasteiger charge is -2.12. The average Bonchev–Trinajstić information content (AvgIpc) is 2.90. The molecule has 25 heavy (non-hydrogen) atoms. The van der Waals surface area contributed by atoms with Gasteiger partial charge in [0.05, 0.1) is 12.0 Å². The van der Waals surface area contributed by atoms with Crippen molar-refractivity contribution in [2.24, 2.45) is 0 Å². The summed E-state index contributed by atoms with van der Waals surface area (Å²) >= 11 is 1.08. The number of nitrogens with zero attached hydrogens (tertiary/aromatic N) is 1. The van der Waals surface area contributed by atoms with Crippen LogP contribution in [-0.2, 0) is 19.0 Å². The highest BCUT2D eigenvalue weighted by atomic mass is 32.1. The molecule has 2 rings (SSSR count). The first-order valence-electron chi connectivity index (χ1n) is 7.86. The van der Waals surface area contributed by atoms with Crippen LogP contribution in [0.25, 0.3) is 10.2 Å². The Morgan fingerprint density at radius 1 is 1.28 bits per heavy atom. The molecule has 9 heteroatoms. The van der Waals surface area contributed by atoms with Crippen LogP contribution in [0.1, 0.15) is 47.9 Å². The van der Waals surface area contributed by atoms with Gasteiger partial charge in [0.1, 0.15) is 16.3 Å². The Morgan fingerprint density at radius 3 is 2.64 bits per heavy atom. The highest BCUT2D eigenvalue weighted by Gasteiger charge is 2.22. The maximum atomic E-state index is 12.4. The van der Waals surface area contributed by atoms with Gasteiger partial charge in [-0.15, -0.1) is 11.3 Å². The molecule has 1 N–H and O–H groups in total. The number of aromatic nitrogens is 2. The molecule has 0 unspecified atom stereocenters. The molecule has 2 heterocycles. The smallest absolute Gasteiger partial charge is 0.348 e. The fourth-order valence-corrected chi connectivity index (χ4v) is 3.30. The summed E-state index contributed by atoms with van der Waals surface area (Å²) < 4.78 is 15.2. The van der Waals surface area contributed by atoms with Crippen LogP contribution in [0.5, 0.6) is 0 Å². The van der Waals surface area contributed by atoms with E-state index in [0.717, 1.165) is 11.3 Å². The molecule has 8 nitrogen and oxygen atoms in total. The topological polar surface area (TPSA) is 108 Å². The standard InChI is InChI=1S/C16H20N2O6S/c1-5-22-7-10(19)24-9(4)13-17-14(20)11-8(3)12(16(21)23-6-2)25-15(11)18-13/h9H,5-7H2,1-4H3,(H,17,18,20)/t9-/m0/s1. The number of carbonyl (C=O) groups is 2. The predicted octanol–water partition coefficient (Wildman–Crippen LogP) is 2.11. The number of carbonyl (C=O) groups excluding carboxylic acids is 2. The minimum absolute atomic E-state index is 0.168. The summed E-state index contributed by atoms with van der Waals surface area (Å²) in [4.78, 5) is 43.6. The Hall–Kier alpha value is -2.26. The third-order valence-electron chi connectivity index (χ3n) is 3.40.